The Morgan fingerprint density at radius 1 is 1.16 bits per heavy atom. The van der Waals surface area contributed by atoms with Gasteiger partial charge in [0.15, 0.2) is 0 Å². The van der Waals surface area contributed by atoms with Gasteiger partial charge in [-0.2, -0.15) is 13.2 Å². The average molecular weight is 353 g/mol. The number of carbonyl (C=O) groups excluding carboxylic acids is 1. The zero-order valence-electron chi connectivity index (χ0n) is 12.6. The molecule has 2 rings (SSSR count). The predicted octanol–water partition coefficient (Wildman–Crippen LogP) is 2.91. The van der Waals surface area contributed by atoms with Gasteiger partial charge in [0.1, 0.15) is 5.69 Å². The van der Waals surface area contributed by atoms with Crippen molar-refractivity contribution in [2.75, 3.05) is 5.32 Å². The second kappa shape index (κ2) is 7.20. The predicted molar refractivity (Wildman–Crippen MR) is 80.5 cm³/mol. The van der Waals surface area contributed by atoms with Crippen LogP contribution in [0.4, 0.5) is 24.5 Å². The van der Waals surface area contributed by atoms with Crippen molar-refractivity contribution in [3.05, 3.63) is 69.8 Å². The quantitative estimate of drug-likeness (QED) is 0.636. The zero-order valence-corrected chi connectivity index (χ0v) is 12.6. The molecule has 132 valence electrons. The average Bonchev–Trinajstić information content (AvgIpc) is 2.53. The van der Waals surface area contributed by atoms with E-state index in [1.165, 1.54) is 0 Å². The van der Waals surface area contributed by atoms with Gasteiger partial charge in [-0.15, -0.1) is 0 Å². The van der Waals surface area contributed by atoms with E-state index in [4.69, 9.17) is 0 Å². The van der Waals surface area contributed by atoms with Crippen LogP contribution in [-0.2, 0) is 11.0 Å². The summed E-state index contributed by atoms with van der Waals surface area (Å²) >= 11 is 0. The molecule has 6 nitrogen and oxygen atoms in total. The fraction of sp³-hybridized carbons (Fsp3) is 0.188. The second-order valence-electron chi connectivity index (χ2n) is 5.17. The van der Waals surface area contributed by atoms with Crippen LogP contribution in [0.2, 0.25) is 0 Å². The van der Waals surface area contributed by atoms with Crippen LogP contribution in [-0.4, -0.2) is 10.9 Å². The number of nitrogens with one attached hydrogen (secondary N) is 1. The molecule has 0 saturated carbocycles. The molecule has 0 fully saturated rings. The number of nitro groups is 1. The minimum Gasteiger partial charge on any atom is -0.550 e. The van der Waals surface area contributed by atoms with E-state index in [2.05, 4.69) is 5.32 Å². The van der Waals surface area contributed by atoms with Gasteiger partial charge in [-0.25, -0.2) is 0 Å². The summed E-state index contributed by atoms with van der Waals surface area (Å²) in [6.07, 6.45) is -5.24. The van der Waals surface area contributed by atoms with Gasteiger partial charge in [0.2, 0.25) is 0 Å². The fourth-order valence-corrected chi connectivity index (χ4v) is 2.27. The highest BCUT2D eigenvalue weighted by molar-refractivity contribution is 5.69. The number of nitrogens with zero attached hydrogens (tertiary/aromatic N) is 1. The highest BCUT2D eigenvalue weighted by atomic mass is 19.4. The molecule has 0 aliphatic rings. The van der Waals surface area contributed by atoms with Crippen LogP contribution >= 0.6 is 0 Å². The van der Waals surface area contributed by atoms with Crippen molar-refractivity contribution in [1.82, 2.24) is 0 Å². The smallest absolute Gasteiger partial charge is 0.416 e. The van der Waals surface area contributed by atoms with E-state index in [9.17, 15) is 33.2 Å². The van der Waals surface area contributed by atoms with Crippen molar-refractivity contribution in [2.45, 2.75) is 18.6 Å². The van der Waals surface area contributed by atoms with Gasteiger partial charge in [0.25, 0.3) is 5.69 Å². The third-order valence-corrected chi connectivity index (χ3v) is 3.42. The first-order chi connectivity index (χ1) is 11.7. The van der Waals surface area contributed by atoms with E-state index in [0.29, 0.717) is 17.7 Å². The lowest BCUT2D eigenvalue weighted by atomic mass is 10.0. The number of alkyl halides is 3. The number of hydrogen-bond acceptors (Lipinski definition) is 5. The summed E-state index contributed by atoms with van der Waals surface area (Å²) in [6.45, 7) is 0. The van der Waals surface area contributed by atoms with E-state index < -0.39 is 40.8 Å². The molecule has 2 aromatic carbocycles. The van der Waals surface area contributed by atoms with Crippen molar-refractivity contribution in [3.8, 4) is 0 Å². The number of aliphatic carboxylic acids is 1. The normalized spacial score (nSPS) is 12.4. The van der Waals surface area contributed by atoms with E-state index in [-0.39, 0.29) is 5.69 Å². The number of hydrogen-bond donors (Lipinski definition) is 1. The second-order valence-corrected chi connectivity index (χ2v) is 5.17. The zero-order chi connectivity index (χ0) is 18.6. The number of benzene rings is 2. The minimum atomic E-state index is -4.73. The molecule has 0 heterocycles. The lowest BCUT2D eigenvalue weighted by molar-refractivity contribution is -0.384. The highest BCUT2D eigenvalue weighted by Crippen LogP contribution is 2.36. The Kier molecular flexibility index (Phi) is 5.26. The molecule has 0 saturated heterocycles. The largest absolute Gasteiger partial charge is 0.550 e. The molecule has 0 aliphatic heterocycles. The summed E-state index contributed by atoms with van der Waals surface area (Å²) in [6, 6.07) is 9.27. The maximum atomic E-state index is 12.7. The number of carboxylic acid groups (broad SMARTS) is 1. The third kappa shape index (κ3) is 4.69. The summed E-state index contributed by atoms with van der Waals surface area (Å²) in [5, 5.41) is 24.7. The molecule has 1 atom stereocenters. The molecule has 25 heavy (non-hydrogen) atoms. The van der Waals surface area contributed by atoms with Crippen molar-refractivity contribution >= 4 is 17.3 Å². The van der Waals surface area contributed by atoms with Crippen LogP contribution in [0.15, 0.2) is 48.5 Å². The van der Waals surface area contributed by atoms with Crippen molar-refractivity contribution < 1.29 is 28.0 Å². The van der Waals surface area contributed by atoms with E-state index in [0.717, 1.165) is 6.07 Å². The molecule has 0 aliphatic carbocycles. The van der Waals surface area contributed by atoms with Crippen molar-refractivity contribution in [2.24, 2.45) is 0 Å². The Morgan fingerprint density at radius 3 is 2.32 bits per heavy atom. The topological polar surface area (TPSA) is 95.3 Å². The highest BCUT2D eigenvalue weighted by Gasteiger charge is 2.33. The van der Waals surface area contributed by atoms with Crippen LogP contribution in [0.5, 0.6) is 0 Å². The molecule has 1 N–H and O–H groups in total. The van der Waals surface area contributed by atoms with Gasteiger partial charge >= 0.3 is 6.18 Å². The first-order valence-corrected chi connectivity index (χ1v) is 7.05. The van der Waals surface area contributed by atoms with Gasteiger partial charge in [0.05, 0.1) is 16.5 Å². The first-order valence-electron chi connectivity index (χ1n) is 7.05. The van der Waals surface area contributed by atoms with E-state index in [1.807, 2.05) is 0 Å². The Hall–Kier alpha value is -3.10. The van der Waals surface area contributed by atoms with Crippen molar-refractivity contribution in [3.63, 3.8) is 0 Å². The number of nitro benzene ring substituents is 1. The molecule has 9 heteroatoms. The summed E-state index contributed by atoms with van der Waals surface area (Å²) in [7, 11) is 0. The SMILES string of the molecule is O=C([O-])C[C@H](Nc1ccc(C(F)(F)F)cc1[N+](=O)[O-])c1ccccc1. The van der Waals surface area contributed by atoms with E-state index >= 15 is 0 Å². The lowest BCUT2D eigenvalue weighted by Crippen LogP contribution is -2.27. The summed E-state index contributed by atoms with van der Waals surface area (Å²) in [4.78, 5) is 21.1. The lowest BCUT2D eigenvalue weighted by Gasteiger charge is -2.21. The van der Waals surface area contributed by atoms with Crippen LogP contribution < -0.4 is 10.4 Å². The van der Waals surface area contributed by atoms with Crippen LogP contribution in [0.25, 0.3) is 0 Å². The number of rotatable bonds is 6. The van der Waals surface area contributed by atoms with Gasteiger partial charge in [0, 0.05) is 18.5 Å². The summed E-state index contributed by atoms with van der Waals surface area (Å²) < 4.78 is 38.2. The first kappa shape index (κ1) is 18.2. The molecule has 0 bridgehead atoms. The van der Waals surface area contributed by atoms with Crippen LogP contribution in [0.1, 0.15) is 23.6 Å². The number of carboxylic acids is 1. The molecule has 0 aromatic heterocycles. The molecule has 0 radical (unpaired) electrons. The third-order valence-electron chi connectivity index (χ3n) is 3.42. The van der Waals surface area contributed by atoms with Crippen molar-refractivity contribution in [1.29, 1.82) is 0 Å². The molecular formula is C16H12F3N2O4-. The van der Waals surface area contributed by atoms with Gasteiger partial charge in [-0.05, 0) is 17.7 Å². The van der Waals surface area contributed by atoms with Crippen LogP contribution in [0.3, 0.4) is 0 Å². The Balaban J connectivity index is 2.41. The minimum absolute atomic E-state index is 0.215. The number of carbonyl (C=O) groups is 1. The van der Waals surface area contributed by atoms with Gasteiger partial charge < -0.3 is 15.2 Å². The Labute approximate surface area is 140 Å². The standard InChI is InChI=1S/C16H13F3N2O4/c17-16(18,19)11-6-7-12(14(8-11)21(24)25)20-13(9-15(22)23)10-4-2-1-3-5-10/h1-8,13,20H,9H2,(H,22,23)/p-1/t13-/m0/s1. The Morgan fingerprint density at radius 2 is 1.80 bits per heavy atom. The molecule has 0 spiro atoms. The molecule has 0 unspecified atom stereocenters. The monoisotopic (exact) mass is 353 g/mol. The maximum Gasteiger partial charge on any atom is 0.416 e. The molecular weight excluding hydrogens is 341 g/mol. The van der Waals surface area contributed by atoms with Gasteiger partial charge in [-0.1, -0.05) is 30.3 Å². The van der Waals surface area contributed by atoms with Gasteiger partial charge in [-0.3, -0.25) is 10.1 Å². The van der Waals surface area contributed by atoms with E-state index in [1.54, 1.807) is 30.3 Å². The number of halogens is 3. The fourth-order valence-electron chi connectivity index (χ4n) is 2.27. The van der Waals surface area contributed by atoms with Crippen LogP contribution in [0, 0.1) is 10.1 Å². The maximum absolute atomic E-state index is 12.7. The summed E-state index contributed by atoms with van der Waals surface area (Å²) in [5.74, 6) is -1.41. The molecule has 0 amide bonds. The summed E-state index contributed by atoms with van der Waals surface area (Å²) in [5.41, 5.74) is -1.68. The molecule has 2 aromatic rings. The Bertz CT molecular complexity index is 779. The number of anilines is 1.